The van der Waals surface area contributed by atoms with Crippen LogP contribution in [0.4, 0.5) is 0 Å². The molecule has 25 heavy (non-hydrogen) atoms. The van der Waals surface area contributed by atoms with Crippen LogP contribution in [0.15, 0.2) is 48.7 Å². The molecule has 2 fully saturated rings. The number of carbonyl (C=O) groups is 1. The lowest BCUT2D eigenvalue weighted by atomic mass is 9.99. The van der Waals surface area contributed by atoms with Crippen LogP contribution in [0.5, 0.6) is 5.88 Å². The van der Waals surface area contributed by atoms with Crippen molar-refractivity contribution in [1.29, 1.82) is 0 Å². The minimum Gasteiger partial charge on any atom is -0.477 e. The topological polar surface area (TPSA) is 42.4 Å². The number of hydrogen-bond donors (Lipinski definition) is 0. The number of benzene rings is 1. The molecule has 2 aliphatic rings. The van der Waals surface area contributed by atoms with Crippen LogP contribution in [0, 0.1) is 11.8 Å². The van der Waals surface area contributed by atoms with E-state index in [-0.39, 0.29) is 5.91 Å². The van der Waals surface area contributed by atoms with Crippen molar-refractivity contribution in [3.8, 4) is 5.88 Å². The number of likely N-dealkylation sites (tertiary alicyclic amines) is 1. The molecule has 0 unspecified atom stereocenters. The monoisotopic (exact) mass is 336 g/mol. The minimum absolute atomic E-state index is 0.0919. The smallest absolute Gasteiger partial charge is 0.254 e. The molecule has 1 aromatic carbocycles. The van der Waals surface area contributed by atoms with Crippen LogP contribution in [0.1, 0.15) is 35.2 Å². The molecule has 4 nitrogen and oxygen atoms in total. The van der Waals surface area contributed by atoms with Crippen LogP contribution in [-0.4, -0.2) is 35.5 Å². The van der Waals surface area contributed by atoms with E-state index in [9.17, 15) is 4.79 Å². The number of ether oxygens (including phenoxy) is 1. The third-order valence-corrected chi connectivity index (χ3v) is 5.09. The molecule has 2 heterocycles. The summed E-state index contributed by atoms with van der Waals surface area (Å²) in [5.74, 6) is 1.88. The van der Waals surface area contributed by atoms with Crippen molar-refractivity contribution in [2.24, 2.45) is 11.8 Å². The molecular formula is C21H24N2O2. The molecule has 1 atom stereocenters. The minimum atomic E-state index is 0.0919. The van der Waals surface area contributed by atoms with Crippen molar-refractivity contribution in [2.75, 3.05) is 19.7 Å². The number of hydrogen-bond acceptors (Lipinski definition) is 3. The first-order valence-corrected chi connectivity index (χ1v) is 9.20. The fraction of sp³-hybridized carbons (Fsp3) is 0.429. The Hall–Kier alpha value is -2.36. The van der Waals surface area contributed by atoms with E-state index >= 15 is 0 Å². The van der Waals surface area contributed by atoms with E-state index in [1.165, 1.54) is 18.4 Å². The molecule has 0 N–H and O–H groups in total. The molecular weight excluding hydrogens is 312 g/mol. The first-order valence-electron chi connectivity index (χ1n) is 9.20. The van der Waals surface area contributed by atoms with Gasteiger partial charge in [-0.2, -0.15) is 0 Å². The number of nitrogens with zero attached hydrogens (tertiary/aromatic N) is 2. The maximum absolute atomic E-state index is 12.8. The average Bonchev–Trinajstić information content (AvgIpc) is 3.38. The largest absolute Gasteiger partial charge is 0.477 e. The van der Waals surface area contributed by atoms with Crippen molar-refractivity contribution in [3.63, 3.8) is 0 Å². The van der Waals surface area contributed by atoms with Gasteiger partial charge in [-0.05, 0) is 49.1 Å². The maximum atomic E-state index is 12.8. The average molecular weight is 336 g/mol. The molecule has 1 aromatic heterocycles. The number of rotatable bonds is 6. The number of pyridine rings is 1. The van der Waals surface area contributed by atoms with E-state index in [1.54, 1.807) is 18.3 Å². The van der Waals surface area contributed by atoms with Gasteiger partial charge in [0, 0.05) is 30.9 Å². The second-order valence-corrected chi connectivity index (χ2v) is 7.23. The summed E-state index contributed by atoms with van der Waals surface area (Å²) in [6.07, 6.45) is 6.27. The Kier molecular flexibility index (Phi) is 4.68. The molecule has 1 amide bonds. The molecule has 4 rings (SSSR count). The summed E-state index contributed by atoms with van der Waals surface area (Å²) < 4.78 is 5.70. The van der Waals surface area contributed by atoms with E-state index in [1.807, 2.05) is 11.0 Å². The Morgan fingerprint density at radius 2 is 1.96 bits per heavy atom. The fourth-order valence-corrected chi connectivity index (χ4v) is 3.42. The fourth-order valence-electron chi connectivity index (χ4n) is 3.42. The third kappa shape index (κ3) is 4.19. The van der Waals surface area contributed by atoms with Crippen molar-refractivity contribution >= 4 is 5.91 Å². The van der Waals surface area contributed by atoms with Crippen molar-refractivity contribution in [3.05, 3.63) is 59.8 Å². The summed E-state index contributed by atoms with van der Waals surface area (Å²) in [4.78, 5) is 19.0. The summed E-state index contributed by atoms with van der Waals surface area (Å²) in [5.41, 5.74) is 2.03. The van der Waals surface area contributed by atoms with Gasteiger partial charge in [0.15, 0.2) is 0 Å². The van der Waals surface area contributed by atoms with Gasteiger partial charge in [-0.3, -0.25) is 4.79 Å². The van der Waals surface area contributed by atoms with Gasteiger partial charge in [0.25, 0.3) is 5.91 Å². The van der Waals surface area contributed by atoms with Crippen LogP contribution in [-0.2, 0) is 6.42 Å². The van der Waals surface area contributed by atoms with E-state index in [4.69, 9.17) is 4.74 Å². The zero-order valence-electron chi connectivity index (χ0n) is 14.4. The van der Waals surface area contributed by atoms with Crippen molar-refractivity contribution in [1.82, 2.24) is 9.88 Å². The second-order valence-electron chi connectivity index (χ2n) is 7.23. The van der Waals surface area contributed by atoms with Gasteiger partial charge >= 0.3 is 0 Å². The quantitative estimate of drug-likeness (QED) is 0.810. The van der Waals surface area contributed by atoms with Gasteiger partial charge in [-0.15, -0.1) is 0 Å². The molecule has 1 saturated heterocycles. The summed E-state index contributed by atoms with van der Waals surface area (Å²) in [5, 5.41) is 0. The normalized spacial score (nSPS) is 19.8. The summed E-state index contributed by atoms with van der Waals surface area (Å²) in [6.45, 7) is 2.37. The van der Waals surface area contributed by atoms with E-state index in [2.05, 4.69) is 29.2 Å². The highest BCUT2D eigenvalue weighted by Gasteiger charge is 2.27. The Morgan fingerprint density at radius 1 is 1.12 bits per heavy atom. The van der Waals surface area contributed by atoms with Gasteiger partial charge in [0.2, 0.25) is 5.88 Å². The molecule has 1 aliphatic carbocycles. The zero-order chi connectivity index (χ0) is 17.1. The molecule has 0 bridgehead atoms. The van der Waals surface area contributed by atoms with Crippen LogP contribution < -0.4 is 4.74 Å². The molecule has 4 heteroatoms. The molecule has 1 aliphatic heterocycles. The highest BCUT2D eigenvalue weighted by atomic mass is 16.5. The Labute approximate surface area is 148 Å². The lowest BCUT2D eigenvalue weighted by Gasteiger charge is -2.17. The number of aromatic nitrogens is 1. The van der Waals surface area contributed by atoms with Crippen LogP contribution in [0.25, 0.3) is 0 Å². The first-order chi connectivity index (χ1) is 12.3. The summed E-state index contributed by atoms with van der Waals surface area (Å²) in [6, 6.07) is 14.1. The van der Waals surface area contributed by atoms with Crippen molar-refractivity contribution < 1.29 is 9.53 Å². The zero-order valence-corrected chi connectivity index (χ0v) is 14.4. The van der Waals surface area contributed by atoms with Crippen molar-refractivity contribution in [2.45, 2.75) is 25.7 Å². The molecule has 2 aromatic rings. The van der Waals surface area contributed by atoms with Gasteiger partial charge in [-0.1, -0.05) is 30.3 Å². The third-order valence-electron chi connectivity index (χ3n) is 5.09. The lowest BCUT2D eigenvalue weighted by Crippen LogP contribution is -2.29. The van der Waals surface area contributed by atoms with Gasteiger partial charge in [0.1, 0.15) is 0 Å². The Balaban J connectivity index is 1.35. The van der Waals surface area contributed by atoms with Crippen LogP contribution in [0.2, 0.25) is 0 Å². The maximum Gasteiger partial charge on any atom is 0.254 e. The Bertz CT molecular complexity index is 728. The highest BCUT2D eigenvalue weighted by molar-refractivity contribution is 5.94. The van der Waals surface area contributed by atoms with Crippen LogP contribution in [0.3, 0.4) is 0 Å². The second kappa shape index (κ2) is 7.26. The Morgan fingerprint density at radius 3 is 2.76 bits per heavy atom. The highest BCUT2D eigenvalue weighted by Crippen LogP contribution is 2.29. The van der Waals surface area contributed by atoms with Gasteiger partial charge in [0.05, 0.1) is 6.61 Å². The number of carbonyl (C=O) groups excluding carboxylic acids is 1. The molecule has 0 spiro atoms. The molecule has 1 saturated carbocycles. The predicted molar refractivity (Wildman–Crippen MR) is 96.6 cm³/mol. The van der Waals surface area contributed by atoms with Gasteiger partial charge < -0.3 is 9.64 Å². The number of amides is 1. The van der Waals surface area contributed by atoms with Crippen LogP contribution >= 0.6 is 0 Å². The molecule has 130 valence electrons. The van der Waals surface area contributed by atoms with Gasteiger partial charge in [-0.25, -0.2) is 4.98 Å². The summed E-state index contributed by atoms with van der Waals surface area (Å²) >= 11 is 0. The molecule has 0 radical (unpaired) electrons. The summed E-state index contributed by atoms with van der Waals surface area (Å²) in [7, 11) is 0. The van der Waals surface area contributed by atoms with E-state index < -0.39 is 0 Å². The predicted octanol–water partition coefficient (Wildman–Crippen LogP) is 3.58. The van der Waals surface area contributed by atoms with E-state index in [0.717, 1.165) is 25.9 Å². The SMILES string of the molecule is O=C(c1ccnc(OCC2CC2)c1)N1CC[C@@H](Cc2ccccc2)C1. The van der Waals surface area contributed by atoms with E-state index in [0.29, 0.717) is 29.9 Å². The standard InChI is InChI=1S/C21H24N2O2/c24-21(19-8-10-22-20(13-19)25-15-17-6-7-17)23-11-9-18(14-23)12-16-4-2-1-3-5-16/h1-5,8,10,13,17-18H,6-7,9,11-12,14-15H2/t18-/m0/s1. The first kappa shape index (κ1) is 16.1. The lowest BCUT2D eigenvalue weighted by molar-refractivity contribution is 0.0786.